The molecule has 26 heavy (non-hydrogen) atoms. The molecular weight excluding hydrogens is 340 g/mol. The van der Waals surface area contributed by atoms with E-state index in [4.69, 9.17) is 10.4 Å². The third-order valence-electron chi connectivity index (χ3n) is 4.26. The quantitative estimate of drug-likeness (QED) is 0.171. The van der Waals surface area contributed by atoms with Crippen LogP contribution in [0.15, 0.2) is 10.6 Å². The molecule has 154 valence electrons. The van der Waals surface area contributed by atoms with Crippen molar-refractivity contribution in [2.45, 2.75) is 78.1 Å². The van der Waals surface area contributed by atoms with Crippen LogP contribution in [0, 0.1) is 10.4 Å². The first-order valence-electron chi connectivity index (χ1n) is 9.74. The van der Waals surface area contributed by atoms with Crippen molar-refractivity contribution in [2.24, 2.45) is 10.6 Å². The van der Waals surface area contributed by atoms with Crippen LogP contribution >= 0.6 is 0 Å². The second-order valence-corrected chi connectivity index (χ2v) is 6.42. The number of hydrogen-bond donors (Lipinski definition) is 2. The van der Waals surface area contributed by atoms with Crippen molar-refractivity contribution in [3.8, 4) is 0 Å². The van der Waals surface area contributed by atoms with Gasteiger partial charge >= 0.3 is 0 Å². The van der Waals surface area contributed by atoms with Crippen LogP contribution in [0.1, 0.15) is 78.1 Å². The lowest BCUT2D eigenvalue weighted by atomic mass is 10.2. The summed E-state index contributed by atoms with van der Waals surface area (Å²) in [7, 11) is 0. The van der Waals surface area contributed by atoms with Gasteiger partial charge in [-0.1, -0.05) is 52.4 Å². The minimum absolute atomic E-state index is 0.253. The Morgan fingerprint density at radius 1 is 0.615 bits per heavy atom. The Morgan fingerprint density at radius 2 is 0.923 bits per heavy atom. The van der Waals surface area contributed by atoms with E-state index in [0.29, 0.717) is 26.2 Å². The molecule has 0 fully saturated rings. The van der Waals surface area contributed by atoms with E-state index in [1.165, 1.54) is 10.0 Å². The van der Waals surface area contributed by atoms with E-state index in [1.54, 1.807) is 0 Å². The Kier molecular flexibility index (Phi) is 15.2. The van der Waals surface area contributed by atoms with Gasteiger partial charge in [0.05, 0.1) is 36.1 Å². The second-order valence-electron chi connectivity index (χ2n) is 6.42. The van der Waals surface area contributed by atoms with Crippen molar-refractivity contribution in [2.75, 3.05) is 26.2 Å². The smallest absolute Gasteiger partial charge is 0.230 e. The lowest BCUT2D eigenvalue weighted by molar-refractivity contribution is -0.710. The van der Waals surface area contributed by atoms with Crippen molar-refractivity contribution in [3.63, 3.8) is 0 Å². The normalized spacial score (nSPS) is 12.4. The molecule has 0 rings (SSSR count). The Labute approximate surface area is 156 Å². The Hall–Kier alpha value is -2.00. The molecule has 0 aromatic carbocycles. The van der Waals surface area contributed by atoms with Gasteiger partial charge in [-0.2, -0.15) is 0 Å². The maximum absolute atomic E-state index is 11.5. The molecule has 0 saturated carbocycles. The van der Waals surface area contributed by atoms with Gasteiger partial charge in [0, 0.05) is 0 Å². The summed E-state index contributed by atoms with van der Waals surface area (Å²) in [6.45, 7) is 6.42. The molecule has 0 aromatic heterocycles. The van der Waals surface area contributed by atoms with Crippen molar-refractivity contribution < 1.29 is 20.4 Å². The monoisotopic (exact) mass is 376 g/mol. The molecule has 0 heterocycles. The molecule has 0 aliphatic carbocycles. The van der Waals surface area contributed by atoms with Crippen LogP contribution in [0.3, 0.4) is 0 Å². The molecule has 10 heteroatoms. The third-order valence-corrected chi connectivity index (χ3v) is 4.26. The largest absolute Gasteiger partial charge is 0.569 e. The summed E-state index contributed by atoms with van der Waals surface area (Å²) in [5.74, 6) is 0. The fourth-order valence-electron chi connectivity index (χ4n) is 2.71. The first-order chi connectivity index (χ1) is 12.6. The molecule has 0 saturated heterocycles. The van der Waals surface area contributed by atoms with E-state index in [-0.39, 0.29) is 9.94 Å². The highest BCUT2D eigenvalue weighted by atomic mass is 16.6. The summed E-state index contributed by atoms with van der Waals surface area (Å²) in [5, 5.41) is 48.7. The zero-order chi connectivity index (χ0) is 19.6. The van der Waals surface area contributed by atoms with Crippen molar-refractivity contribution in [3.05, 3.63) is 10.4 Å². The van der Waals surface area contributed by atoms with Crippen molar-refractivity contribution in [1.82, 2.24) is 10.0 Å². The van der Waals surface area contributed by atoms with Crippen LogP contribution in [0.5, 0.6) is 0 Å². The van der Waals surface area contributed by atoms with Crippen LogP contribution in [0.2, 0.25) is 0 Å². The average Bonchev–Trinajstić information content (AvgIpc) is 2.66. The summed E-state index contributed by atoms with van der Waals surface area (Å²) >= 11 is 0. The van der Waals surface area contributed by atoms with E-state index >= 15 is 0 Å². The van der Waals surface area contributed by atoms with Gasteiger partial charge in [-0.3, -0.25) is 0 Å². The van der Waals surface area contributed by atoms with Gasteiger partial charge in [0.15, 0.2) is 0 Å². The van der Waals surface area contributed by atoms with Crippen LogP contribution in [0.4, 0.5) is 0 Å². The minimum atomic E-state index is 0.253. The predicted molar refractivity (Wildman–Crippen MR) is 96.3 cm³/mol. The molecule has 2 N–H and O–H groups in total. The first kappa shape index (κ1) is 24.0. The first-order valence-corrected chi connectivity index (χ1v) is 9.74. The lowest BCUT2D eigenvalue weighted by Crippen LogP contribution is -2.33. The topological polar surface area (TPSA) is 124 Å². The Morgan fingerprint density at radius 3 is 1.19 bits per heavy atom. The maximum atomic E-state index is 11.5. The summed E-state index contributed by atoms with van der Waals surface area (Å²) in [6.07, 6.45) is 9.40. The zero-order valence-electron chi connectivity index (χ0n) is 16.3. The SMILES string of the molecule is CCCCCN(CCCCCCN(CCCCC)[N+]([O-])=NO)[N+]([O-])=NO. The van der Waals surface area contributed by atoms with Crippen molar-refractivity contribution in [1.29, 1.82) is 0 Å². The third kappa shape index (κ3) is 11.5. The Bertz CT molecular complexity index is 359. The van der Waals surface area contributed by atoms with Crippen LogP contribution in [-0.4, -0.2) is 56.6 Å². The number of nitrogens with zero attached hydrogens (tertiary/aromatic N) is 6. The number of rotatable bonds is 17. The van der Waals surface area contributed by atoms with Crippen LogP contribution < -0.4 is 0 Å². The average molecular weight is 377 g/mol. The van der Waals surface area contributed by atoms with E-state index in [2.05, 4.69) is 24.4 Å². The molecule has 0 atom stereocenters. The summed E-state index contributed by atoms with van der Waals surface area (Å²) in [6, 6.07) is 0. The molecule has 0 aliphatic heterocycles. The van der Waals surface area contributed by atoms with Gasteiger partial charge < -0.3 is 20.8 Å². The summed E-state index contributed by atoms with van der Waals surface area (Å²) in [5.41, 5.74) is 0. The van der Waals surface area contributed by atoms with Gasteiger partial charge in [-0.15, -0.1) is 10.0 Å². The number of hydrazine groups is 2. The molecular formula is C16H36N6O4. The highest BCUT2D eigenvalue weighted by Gasteiger charge is 2.13. The zero-order valence-corrected chi connectivity index (χ0v) is 16.3. The molecule has 0 spiro atoms. The molecule has 0 bridgehead atoms. The molecule has 0 aliphatic rings. The fourth-order valence-corrected chi connectivity index (χ4v) is 2.71. The van der Waals surface area contributed by atoms with Gasteiger partial charge in [0.2, 0.25) is 10.6 Å². The number of hydrogen-bond acceptors (Lipinski definition) is 4. The maximum Gasteiger partial charge on any atom is 0.230 e. The molecule has 0 unspecified atom stereocenters. The van der Waals surface area contributed by atoms with E-state index in [1.807, 2.05) is 0 Å². The van der Waals surface area contributed by atoms with Gasteiger partial charge in [0.1, 0.15) is 0 Å². The van der Waals surface area contributed by atoms with Gasteiger partial charge in [0.25, 0.3) is 0 Å². The fraction of sp³-hybridized carbons (Fsp3) is 1.00. The van der Waals surface area contributed by atoms with Crippen LogP contribution in [-0.2, 0) is 0 Å². The standard InChI is InChI=1S/C16H36N6O4/c1-3-5-9-13-19(21(25)17-23)15-11-7-8-12-16-20(22(26)18-24)14-10-6-4-2/h23-24H,3-16H2,1-2H3. The molecule has 10 nitrogen and oxygen atoms in total. The van der Waals surface area contributed by atoms with E-state index in [0.717, 1.165) is 64.2 Å². The van der Waals surface area contributed by atoms with Crippen LogP contribution in [0.25, 0.3) is 0 Å². The Balaban J connectivity index is 4.05. The van der Waals surface area contributed by atoms with Crippen molar-refractivity contribution >= 4 is 0 Å². The highest BCUT2D eigenvalue weighted by Crippen LogP contribution is 2.07. The highest BCUT2D eigenvalue weighted by molar-refractivity contribution is 4.52. The minimum Gasteiger partial charge on any atom is -0.569 e. The van der Waals surface area contributed by atoms with Gasteiger partial charge in [-0.25, -0.2) is 0 Å². The summed E-state index contributed by atoms with van der Waals surface area (Å²) < 4.78 is 0. The van der Waals surface area contributed by atoms with E-state index < -0.39 is 0 Å². The lowest BCUT2D eigenvalue weighted by Gasteiger charge is -2.18. The molecule has 0 radical (unpaired) electrons. The second kappa shape index (κ2) is 16.5. The van der Waals surface area contributed by atoms with Gasteiger partial charge in [-0.05, 0) is 25.7 Å². The number of unbranched alkanes of at least 4 members (excludes halogenated alkanes) is 7. The summed E-state index contributed by atoms with van der Waals surface area (Å²) in [4.78, 5) is 0.506. The predicted octanol–water partition coefficient (Wildman–Crippen LogP) is 4.06. The molecule has 0 aromatic rings. The van der Waals surface area contributed by atoms with E-state index in [9.17, 15) is 10.4 Å². The molecule has 0 amide bonds.